The molecule has 1 fully saturated rings. The third-order valence-corrected chi connectivity index (χ3v) is 5.23. The van der Waals surface area contributed by atoms with Crippen LogP contribution in [-0.2, 0) is 14.3 Å². The first kappa shape index (κ1) is 18.3. The summed E-state index contributed by atoms with van der Waals surface area (Å²) in [6.07, 6.45) is 3.51. The van der Waals surface area contributed by atoms with Crippen molar-refractivity contribution in [2.24, 2.45) is 0 Å². The highest BCUT2D eigenvalue weighted by molar-refractivity contribution is 7.99. The lowest BCUT2D eigenvalue weighted by atomic mass is 10.2. The molecule has 2 aromatic rings. The Balaban J connectivity index is 1.56. The van der Waals surface area contributed by atoms with Gasteiger partial charge in [-0.2, -0.15) is 0 Å². The molecule has 0 unspecified atom stereocenters. The molecule has 1 amide bonds. The number of aromatic nitrogens is 2. The zero-order valence-corrected chi connectivity index (χ0v) is 15.5. The van der Waals surface area contributed by atoms with Crippen LogP contribution in [0.3, 0.4) is 0 Å². The van der Waals surface area contributed by atoms with Crippen molar-refractivity contribution in [2.75, 3.05) is 32.1 Å². The molecule has 1 aromatic heterocycles. The number of ether oxygens (including phenoxy) is 2. The Morgan fingerprint density at radius 3 is 3.16 bits per heavy atom. The van der Waals surface area contributed by atoms with E-state index in [1.54, 1.807) is 6.20 Å². The number of carbonyl (C=O) groups excluding carboxylic acids is 1. The summed E-state index contributed by atoms with van der Waals surface area (Å²) in [4.78, 5) is 16.4. The first-order valence-electron chi connectivity index (χ1n) is 8.03. The molecular formula is C17H20ClN3O3S. The number of thioether (sulfide) groups is 1. The number of nitrogens with one attached hydrogen (secondary N) is 1. The molecule has 1 saturated heterocycles. The normalized spacial score (nSPS) is 17.4. The second kappa shape index (κ2) is 8.71. The van der Waals surface area contributed by atoms with E-state index >= 15 is 0 Å². The number of carbonyl (C=O) groups is 1. The lowest BCUT2D eigenvalue weighted by molar-refractivity contribution is -0.121. The fourth-order valence-corrected chi connectivity index (χ4v) is 3.47. The van der Waals surface area contributed by atoms with E-state index in [0.29, 0.717) is 31.4 Å². The van der Waals surface area contributed by atoms with Crippen LogP contribution in [-0.4, -0.2) is 53.7 Å². The molecule has 134 valence electrons. The van der Waals surface area contributed by atoms with Gasteiger partial charge in [0.15, 0.2) is 5.16 Å². The minimum Gasteiger partial charge on any atom is -0.376 e. The molecule has 1 aliphatic heterocycles. The van der Waals surface area contributed by atoms with E-state index in [4.69, 9.17) is 21.1 Å². The van der Waals surface area contributed by atoms with E-state index in [1.807, 2.05) is 35.9 Å². The fourth-order valence-electron chi connectivity index (χ4n) is 2.50. The molecule has 0 bridgehead atoms. The van der Waals surface area contributed by atoms with E-state index in [9.17, 15) is 4.79 Å². The van der Waals surface area contributed by atoms with Crippen molar-refractivity contribution in [1.82, 2.24) is 14.9 Å². The van der Waals surface area contributed by atoms with Gasteiger partial charge in [-0.25, -0.2) is 4.98 Å². The molecule has 8 heteroatoms. The molecule has 6 nitrogen and oxygen atoms in total. The van der Waals surface area contributed by atoms with Gasteiger partial charge < -0.3 is 14.8 Å². The highest BCUT2D eigenvalue weighted by Crippen LogP contribution is 2.26. The van der Waals surface area contributed by atoms with E-state index in [2.05, 4.69) is 10.3 Å². The molecule has 1 atom stereocenters. The number of imidazole rings is 1. The van der Waals surface area contributed by atoms with E-state index in [0.717, 1.165) is 16.4 Å². The summed E-state index contributed by atoms with van der Waals surface area (Å²) < 4.78 is 12.8. The third-order valence-electron chi connectivity index (χ3n) is 3.85. The standard InChI is InChI=1S/C17H20ClN3O3S/c1-12-14(18)3-2-4-15(12)21-6-5-19-17(21)25-11-16(22)20-9-13-10-23-7-8-24-13/h2-6,13H,7-11H2,1H3,(H,20,22)/t13-/m0/s1. The SMILES string of the molecule is Cc1c(Cl)cccc1-n1ccnc1SCC(=O)NC[C@H]1COCCO1. The number of hydrogen-bond donors (Lipinski definition) is 1. The smallest absolute Gasteiger partial charge is 0.230 e. The highest BCUT2D eigenvalue weighted by atomic mass is 35.5. The van der Waals surface area contributed by atoms with Crippen molar-refractivity contribution in [1.29, 1.82) is 0 Å². The van der Waals surface area contributed by atoms with Crippen LogP contribution >= 0.6 is 23.4 Å². The predicted molar refractivity (Wildman–Crippen MR) is 97.6 cm³/mol. The molecule has 3 rings (SSSR count). The van der Waals surface area contributed by atoms with Crippen LogP contribution in [0.5, 0.6) is 0 Å². The third kappa shape index (κ3) is 4.76. The molecule has 25 heavy (non-hydrogen) atoms. The zero-order valence-electron chi connectivity index (χ0n) is 13.9. The molecule has 0 spiro atoms. The summed E-state index contributed by atoms with van der Waals surface area (Å²) in [7, 11) is 0. The van der Waals surface area contributed by atoms with Gasteiger partial charge in [0, 0.05) is 24.0 Å². The van der Waals surface area contributed by atoms with Gasteiger partial charge >= 0.3 is 0 Å². The van der Waals surface area contributed by atoms with Crippen LogP contribution in [0, 0.1) is 6.92 Å². The van der Waals surface area contributed by atoms with Gasteiger partial charge in [0.2, 0.25) is 5.91 Å². The summed E-state index contributed by atoms with van der Waals surface area (Å²) in [5.41, 5.74) is 1.93. The Morgan fingerprint density at radius 1 is 1.48 bits per heavy atom. The number of hydrogen-bond acceptors (Lipinski definition) is 5. The Bertz CT molecular complexity index is 732. The van der Waals surface area contributed by atoms with Crippen molar-refractivity contribution in [2.45, 2.75) is 18.2 Å². The molecule has 2 heterocycles. The highest BCUT2D eigenvalue weighted by Gasteiger charge is 2.16. The molecule has 0 radical (unpaired) electrons. The van der Waals surface area contributed by atoms with Gasteiger partial charge in [0.25, 0.3) is 0 Å². The fraction of sp³-hybridized carbons (Fsp3) is 0.412. The second-order valence-corrected chi connectivity index (χ2v) is 6.97. The van der Waals surface area contributed by atoms with Crippen molar-refractivity contribution in [3.8, 4) is 5.69 Å². The molecule has 1 N–H and O–H groups in total. The van der Waals surface area contributed by atoms with Crippen molar-refractivity contribution in [3.63, 3.8) is 0 Å². The predicted octanol–water partition coefficient (Wildman–Crippen LogP) is 2.46. The van der Waals surface area contributed by atoms with Crippen LogP contribution in [0.2, 0.25) is 5.02 Å². The number of nitrogens with zero attached hydrogens (tertiary/aromatic N) is 2. The average molecular weight is 382 g/mol. The topological polar surface area (TPSA) is 65.4 Å². The Morgan fingerprint density at radius 2 is 2.36 bits per heavy atom. The minimum atomic E-state index is -0.0706. The van der Waals surface area contributed by atoms with Crippen molar-refractivity contribution in [3.05, 3.63) is 41.2 Å². The monoisotopic (exact) mass is 381 g/mol. The van der Waals surface area contributed by atoms with Crippen molar-refractivity contribution >= 4 is 29.3 Å². The minimum absolute atomic E-state index is 0.0588. The van der Waals surface area contributed by atoms with Gasteiger partial charge in [0.1, 0.15) is 0 Å². The maximum absolute atomic E-state index is 12.1. The number of rotatable bonds is 6. The van der Waals surface area contributed by atoms with Crippen LogP contribution in [0.15, 0.2) is 35.7 Å². The van der Waals surface area contributed by atoms with E-state index in [-0.39, 0.29) is 17.8 Å². The number of benzene rings is 1. The van der Waals surface area contributed by atoms with E-state index < -0.39 is 0 Å². The molecule has 0 aliphatic carbocycles. The van der Waals surface area contributed by atoms with E-state index in [1.165, 1.54) is 11.8 Å². The first-order chi connectivity index (χ1) is 12.1. The lowest BCUT2D eigenvalue weighted by Crippen LogP contribution is -2.40. The molecule has 0 saturated carbocycles. The summed E-state index contributed by atoms with van der Waals surface area (Å²) in [5.74, 6) is 0.223. The van der Waals surface area contributed by atoms with Gasteiger partial charge in [0.05, 0.1) is 37.4 Å². The Hall–Kier alpha value is -1.54. The second-order valence-electron chi connectivity index (χ2n) is 5.62. The Kier molecular flexibility index (Phi) is 6.36. The number of amides is 1. The van der Waals surface area contributed by atoms with Gasteiger partial charge in [-0.1, -0.05) is 29.4 Å². The van der Waals surface area contributed by atoms with Crippen LogP contribution in [0.25, 0.3) is 5.69 Å². The lowest BCUT2D eigenvalue weighted by Gasteiger charge is -2.23. The molecule has 1 aliphatic rings. The summed E-state index contributed by atoms with van der Waals surface area (Å²) >= 11 is 7.58. The van der Waals surface area contributed by atoms with Gasteiger partial charge in [-0.3, -0.25) is 9.36 Å². The Labute approximate surface area is 155 Å². The van der Waals surface area contributed by atoms with Crippen molar-refractivity contribution < 1.29 is 14.3 Å². The average Bonchev–Trinajstić information content (AvgIpc) is 3.10. The maximum atomic E-state index is 12.1. The van der Waals surface area contributed by atoms with Crippen LogP contribution in [0.4, 0.5) is 0 Å². The van der Waals surface area contributed by atoms with Gasteiger partial charge in [-0.05, 0) is 24.6 Å². The zero-order chi connectivity index (χ0) is 17.6. The maximum Gasteiger partial charge on any atom is 0.230 e. The molecular weight excluding hydrogens is 362 g/mol. The summed E-state index contributed by atoms with van der Waals surface area (Å²) in [5, 5.41) is 4.32. The molecule has 1 aromatic carbocycles. The summed E-state index contributed by atoms with van der Waals surface area (Å²) in [6, 6.07) is 5.74. The largest absolute Gasteiger partial charge is 0.376 e. The number of halogens is 1. The van der Waals surface area contributed by atoms with Crippen LogP contribution < -0.4 is 5.32 Å². The van der Waals surface area contributed by atoms with Crippen LogP contribution in [0.1, 0.15) is 5.56 Å². The first-order valence-corrected chi connectivity index (χ1v) is 9.39. The quantitative estimate of drug-likeness (QED) is 0.778. The summed E-state index contributed by atoms with van der Waals surface area (Å²) in [6.45, 7) is 4.13. The van der Waals surface area contributed by atoms with Gasteiger partial charge in [-0.15, -0.1) is 0 Å².